The van der Waals surface area contributed by atoms with E-state index in [1.165, 1.54) is 7.11 Å². The molecule has 0 aliphatic heterocycles. The zero-order chi connectivity index (χ0) is 11.1. The van der Waals surface area contributed by atoms with Crippen molar-refractivity contribution in [1.82, 2.24) is 0 Å². The molecule has 0 spiro atoms. The number of carbonyl (C=O) groups excluding carboxylic acids is 1. The molecule has 0 atom stereocenters. The maximum absolute atomic E-state index is 10.8. The van der Waals surface area contributed by atoms with Gasteiger partial charge in [-0.15, -0.1) is 0 Å². The van der Waals surface area contributed by atoms with Crippen LogP contribution in [0.15, 0.2) is 24.3 Å². The van der Waals surface area contributed by atoms with Crippen molar-refractivity contribution in [2.75, 3.05) is 20.3 Å². The first-order chi connectivity index (χ1) is 7.26. The highest BCUT2D eigenvalue weighted by atomic mass is 16.6. The predicted octanol–water partition coefficient (Wildman–Crippen LogP) is 0.740. The van der Waals surface area contributed by atoms with Gasteiger partial charge in [-0.1, -0.05) is 12.1 Å². The summed E-state index contributed by atoms with van der Waals surface area (Å²) in [5, 5.41) is 0. The third-order valence-electron chi connectivity index (χ3n) is 1.92. The summed E-state index contributed by atoms with van der Waals surface area (Å²) in [4.78, 5) is 10.8. The van der Waals surface area contributed by atoms with E-state index in [-0.39, 0.29) is 12.6 Å². The highest BCUT2D eigenvalue weighted by molar-refractivity contribution is 5.70. The van der Waals surface area contributed by atoms with Crippen molar-refractivity contribution < 1.29 is 14.3 Å². The largest absolute Gasteiger partial charge is 0.482 e. The maximum atomic E-state index is 10.8. The van der Waals surface area contributed by atoms with Crippen molar-refractivity contribution in [2.24, 2.45) is 5.73 Å². The molecule has 0 fully saturated rings. The lowest BCUT2D eigenvalue weighted by Gasteiger charge is -2.06. The fraction of sp³-hybridized carbons (Fsp3) is 0.364. The predicted molar refractivity (Wildman–Crippen MR) is 56.7 cm³/mol. The number of hydrogen-bond acceptors (Lipinski definition) is 4. The van der Waals surface area contributed by atoms with Crippen LogP contribution in [0.5, 0.6) is 5.75 Å². The van der Waals surface area contributed by atoms with Crippen LogP contribution in [-0.4, -0.2) is 26.2 Å². The van der Waals surface area contributed by atoms with Gasteiger partial charge in [-0.25, -0.2) is 4.79 Å². The number of benzene rings is 1. The Morgan fingerprint density at radius 2 is 2.27 bits per heavy atom. The smallest absolute Gasteiger partial charge is 0.343 e. The van der Waals surface area contributed by atoms with Gasteiger partial charge in [-0.3, -0.25) is 0 Å². The lowest BCUT2D eigenvalue weighted by molar-refractivity contribution is -0.142. The first kappa shape index (κ1) is 11.5. The van der Waals surface area contributed by atoms with E-state index in [1.54, 1.807) is 6.07 Å². The molecule has 0 saturated heterocycles. The van der Waals surface area contributed by atoms with Gasteiger partial charge < -0.3 is 15.2 Å². The fourth-order valence-electron chi connectivity index (χ4n) is 1.16. The topological polar surface area (TPSA) is 61.5 Å². The fourth-order valence-corrected chi connectivity index (χ4v) is 1.16. The van der Waals surface area contributed by atoms with Crippen LogP contribution in [-0.2, 0) is 16.0 Å². The minimum Gasteiger partial charge on any atom is -0.482 e. The zero-order valence-corrected chi connectivity index (χ0v) is 8.73. The van der Waals surface area contributed by atoms with Gasteiger partial charge in [0.2, 0.25) is 0 Å². The molecular weight excluding hydrogens is 194 g/mol. The third kappa shape index (κ3) is 3.99. The standard InChI is InChI=1S/C11H15NO3/c1-14-11(13)8-15-10-4-2-3-9(7-10)5-6-12/h2-4,7H,5-6,8,12H2,1H3. The summed E-state index contributed by atoms with van der Waals surface area (Å²) in [6.45, 7) is 0.531. The van der Waals surface area contributed by atoms with E-state index in [2.05, 4.69) is 4.74 Å². The van der Waals surface area contributed by atoms with E-state index in [0.29, 0.717) is 12.3 Å². The monoisotopic (exact) mass is 209 g/mol. The minimum absolute atomic E-state index is 0.0669. The second-order valence-electron chi connectivity index (χ2n) is 3.05. The summed E-state index contributed by atoms with van der Waals surface area (Å²) in [5.74, 6) is 0.269. The second kappa shape index (κ2) is 6.03. The third-order valence-corrected chi connectivity index (χ3v) is 1.92. The summed E-state index contributed by atoms with van der Waals surface area (Å²) in [6, 6.07) is 7.51. The molecule has 4 heteroatoms. The molecule has 0 aliphatic rings. The SMILES string of the molecule is COC(=O)COc1cccc(CCN)c1. The number of hydrogen-bond donors (Lipinski definition) is 1. The molecule has 4 nitrogen and oxygen atoms in total. The van der Waals surface area contributed by atoms with E-state index < -0.39 is 0 Å². The van der Waals surface area contributed by atoms with Gasteiger partial charge in [0.1, 0.15) is 5.75 Å². The summed E-state index contributed by atoms with van der Waals surface area (Å²) < 4.78 is 9.70. The molecule has 0 bridgehead atoms. The molecule has 0 heterocycles. The molecule has 1 rings (SSSR count). The first-order valence-corrected chi connectivity index (χ1v) is 4.75. The van der Waals surface area contributed by atoms with E-state index >= 15 is 0 Å². The highest BCUT2D eigenvalue weighted by Crippen LogP contribution is 2.13. The first-order valence-electron chi connectivity index (χ1n) is 4.75. The molecule has 0 saturated carbocycles. The van der Waals surface area contributed by atoms with Crippen LogP contribution in [0.2, 0.25) is 0 Å². The summed E-state index contributed by atoms with van der Waals surface area (Å²) >= 11 is 0. The Labute approximate surface area is 89.0 Å². The Bertz CT molecular complexity index is 325. The normalized spacial score (nSPS) is 9.73. The summed E-state index contributed by atoms with van der Waals surface area (Å²) in [7, 11) is 1.33. The quantitative estimate of drug-likeness (QED) is 0.726. The Hall–Kier alpha value is -1.55. The molecule has 15 heavy (non-hydrogen) atoms. The van der Waals surface area contributed by atoms with Gasteiger partial charge in [0, 0.05) is 0 Å². The Morgan fingerprint density at radius 1 is 1.47 bits per heavy atom. The van der Waals surface area contributed by atoms with Gasteiger partial charge in [0.25, 0.3) is 0 Å². The zero-order valence-electron chi connectivity index (χ0n) is 8.73. The number of esters is 1. The summed E-state index contributed by atoms with van der Waals surface area (Å²) in [6.07, 6.45) is 0.801. The van der Waals surface area contributed by atoms with Gasteiger partial charge in [-0.05, 0) is 30.7 Å². The van der Waals surface area contributed by atoms with E-state index in [1.807, 2.05) is 18.2 Å². The van der Waals surface area contributed by atoms with Crippen LogP contribution in [0.1, 0.15) is 5.56 Å². The molecule has 0 amide bonds. The number of ether oxygens (including phenoxy) is 2. The highest BCUT2D eigenvalue weighted by Gasteiger charge is 2.01. The Morgan fingerprint density at radius 3 is 2.93 bits per heavy atom. The molecule has 0 unspecified atom stereocenters. The van der Waals surface area contributed by atoms with Crippen molar-refractivity contribution >= 4 is 5.97 Å². The van der Waals surface area contributed by atoms with Crippen molar-refractivity contribution in [3.63, 3.8) is 0 Å². The number of nitrogens with two attached hydrogens (primary N) is 1. The van der Waals surface area contributed by atoms with Gasteiger partial charge in [-0.2, -0.15) is 0 Å². The maximum Gasteiger partial charge on any atom is 0.343 e. The molecule has 1 aromatic rings. The number of methoxy groups -OCH3 is 1. The van der Waals surface area contributed by atoms with E-state index in [4.69, 9.17) is 10.5 Å². The van der Waals surface area contributed by atoms with Gasteiger partial charge in [0.15, 0.2) is 6.61 Å². The number of rotatable bonds is 5. The van der Waals surface area contributed by atoms with Crippen LogP contribution in [0.3, 0.4) is 0 Å². The van der Waals surface area contributed by atoms with Crippen molar-refractivity contribution in [3.05, 3.63) is 29.8 Å². The molecule has 0 aliphatic carbocycles. The molecule has 1 aromatic carbocycles. The summed E-state index contributed by atoms with van der Waals surface area (Å²) in [5.41, 5.74) is 6.54. The molecule has 0 radical (unpaired) electrons. The average molecular weight is 209 g/mol. The van der Waals surface area contributed by atoms with Crippen LogP contribution >= 0.6 is 0 Å². The minimum atomic E-state index is -0.390. The molecular formula is C11H15NO3. The van der Waals surface area contributed by atoms with E-state index in [9.17, 15) is 4.79 Å². The van der Waals surface area contributed by atoms with Crippen molar-refractivity contribution in [3.8, 4) is 5.75 Å². The lowest BCUT2D eigenvalue weighted by Crippen LogP contribution is -2.12. The molecule has 0 aromatic heterocycles. The van der Waals surface area contributed by atoms with Crippen molar-refractivity contribution in [2.45, 2.75) is 6.42 Å². The molecule has 2 N–H and O–H groups in total. The van der Waals surface area contributed by atoms with Gasteiger partial charge in [0.05, 0.1) is 7.11 Å². The van der Waals surface area contributed by atoms with E-state index in [0.717, 1.165) is 12.0 Å². The van der Waals surface area contributed by atoms with Crippen LogP contribution in [0.25, 0.3) is 0 Å². The average Bonchev–Trinajstić information content (AvgIpc) is 2.27. The lowest BCUT2D eigenvalue weighted by atomic mass is 10.1. The second-order valence-corrected chi connectivity index (χ2v) is 3.05. The van der Waals surface area contributed by atoms with Crippen LogP contribution in [0.4, 0.5) is 0 Å². The molecule has 82 valence electrons. The number of carbonyl (C=O) groups is 1. The van der Waals surface area contributed by atoms with Crippen molar-refractivity contribution in [1.29, 1.82) is 0 Å². The van der Waals surface area contributed by atoms with Crippen LogP contribution in [0, 0.1) is 0 Å². The Kier molecular flexibility index (Phi) is 4.63. The van der Waals surface area contributed by atoms with Gasteiger partial charge >= 0.3 is 5.97 Å². The van der Waals surface area contributed by atoms with Crippen LogP contribution < -0.4 is 10.5 Å². The Balaban J connectivity index is 2.53.